The highest BCUT2D eigenvalue weighted by Gasteiger charge is 2.19. The van der Waals surface area contributed by atoms with Crippen molar-refractivity contribution in [1.29, 1.82) is 0 Å². The van der Waals surface area contributed by atoms with Crippen molar-refractivity contribution in [2.24, 2.45) is 0 Å². The van der Waals surface area contributed by atoms with Crippen molar-refractivity contribution in [3.05, 3.63) is 29.6 Å². The Labute approximate surface area is 119 Å². The van der Waals surface area contributed by atoms with Gasteiger partial charge in [0.1, 0.15) is 5.82 Å². The quantitative estimate of drug-likeness (QED) is 0.910. The van der Waals surface area contributed by atoms with Crippen LogP contribution < -0.4 is 10.2 Å². The van der Waals surface area contributed by atoms with Crippen molar-refractivity contribution in [1.82, 2.24) is 5.32 Å². The van der Waals surface area contributed by atoms with Crippen molar-refractivity contribution in [2.45, 2.75) is 26.3 Å². The number of nitrogens with zero attached hydrogens (tertiary/aromatic N) is 1. The maximum atomic E-state index is 14.2. The van der Waals surface area contributed by atoms with E-state index in [1.54, 1.807) is 6.07 Å². The number of rotatable bonds is 4. The van der Waals surface area contributed by atoms with Crippen LogP contribution in [-0.4, -0.2) is 31.1 Å². The molecule has 1 atom stereocenters. The smallest absolute Gasteiger partial charge is 0.130 e. The molecule has 1 aliphatic heterocycles. The largest absolute Gasteiger partial charge is 0.370 e. The van der Waals surface area contributed by atoms with Crippen LogP contribution in [0, 0.1) is 5.82 Å². The Bertz CT molecular complexity index is 403. The highest BCUT2D eigenvalue weighted by atomic mass is 32.2. The van der Waals surface area contributed by atoms with Crippen LogP contribution in [0.15, 0.2) is 18.2 Å². The topological polar surface area (TPSA) is 15.3 Å². The van der Waals surface area contributed by atoms with Crippen LogP contribution in [0.2, 0.25) is 0 Å². The summed E-state index contributed by atoms with van der Waals surface area (Å²) in [5.41, 5.74) is 1.88. The lowest BCUT2D eigenvalue weighted by molar-refractivity contribution is 0.539. The number of halogens is 1. The van der Waals surface area contributed by atoms with Crippen LogP contribution in [0.3, 0.4) is 0 Å². The Morgan fingerprint density at radius 1 is 1.37 bits per heavy atom. The second kappa shape index (κ2) is 7.15. The predicted molar refractivity (Wildman–Crippen MR) is 82.6 cm³/mol. The van der Waals surface area contributed by atoms with E-state index >= 15 is 0 Å². The summed E-state index contributed by atoms with van der Waals surface area (Å²) in [6, 6.07) is 5.50. The summed E-state index contributed by atoms with van der Waals surface area (Å²) in [6.07, 6.45) is 1.18. The highest BCUT2D eigenvalue weighted by Crippen LogP contribution is 2.30. The van der Waals surface area contributed by atoms with Gasteiger partial charge in [-0.05, 0) is 37.8 Å². The van der Waals surface area contributed by atoms with Crippen LogP contribution in [0.25, 0.3) is 0 Å². The molecule has 1 aromatic carbocycles. The molecule has 2 rings (SSSR count). The normalized spacial score (nSPS) is 18.2. The molecular weight excluding hydrogens is 259 g/mol. The minimum Gasteiger partial charge on any atom is -0.370 e. The summed E-state index contributed by atoms with van der Waals surface area (Å²) in [5, 5.41) is 3.33. The Morgan fingerprint density at radius 2 is 2.21 bits per heavy atom. The average molecular weight is 282 g/mol. The summed E-state index contributed by atoms with van der Waals surface area (Å²) in [7, 11) is 0. The SMILES string of the molecule is CCNC(C)c1c(F)cccc1N1CCCSCC1. The third kappa shape index (κ3) is 3.63. The number of thioether (sulfide) groups is 1. The van der Waals surface area contributed by atoms with Gasteiger partial charge in [0, 0.05) is 36.1 Å². The monoisotopic (exact) mass is 282 g/mol. The molecule has 19 heavy (non-hydrogen) atoms. The van der Waals surface area contributed by atoms with E-state index in [9.17, 15) is 4.39 Å². The minimum atomic E-state index is -0.0946. The van der Waals surface area contributed by atoms with Crippen LogP contribution in [-0.2, 0) is 0 Å². The molecule has 1 aromatic rings. The van der Waals surface area contributed by atoms with Gasteiger partial charge in [-0.2, -0.15) is 11.8 Å². The number of nitrogens with one attached hydrogen (secondary N) is 1. The molecule has 1 heterocycles. The summed E-state index contributed by atoms with van der Waals surface area (Å²) < 4.78 is 14.2. The lowest BCUT2D eigenvalue weighted by Crippen LogP contribution is -2.29. The molecule has 1 saturated heterocycles. The molecule has 4 heteroatoms. The number of hydrogen-bond acceptors (Lipinski definition) is 3. The molecular formula is C15H23FN2S. The van der Waals surface area contributed by atoms with Crippen LogP contribution in [0.1, 0.15) is 31.9 Å². The first-order valence-corrected chi connectivity index (χ1v) is 8.24. The predicted octanol–water partition coefficient (Wildman–Crippen LogP) is 3.44. The van der Waals surface area contributed by atoms with Gasteiger partial charge in [0.25, 0.3) is 0 Å². The molecule has 1 fully saturated rings. The van der Waals surface area contributed by atoms with Gasteiger partial charge in [-0.15, -0.1) is 0 Å². The van der Waals surface area contributed by atoms with Crippen molar-refractivity contribution >= 4 is 17.4 Å². The maximum Gasteiger partial charge on any atom is 0.130 e. The number of hydrogen-bond donors (Lipinski definition) is 1. The van der Waals surface area contributed by atoms with E-state index < -0.39 is 0 Å². The van der Waals surface area contributed by atoms with E-state index in [1.165, 1.54) is 12.2 Å². The zero-order valence-electron chi connectivity index (χ0n) is 11.8. The lowest BCUT2D eigenvalue weighted by atomic mass is 10.0. The standard InChI is InChI=1S/C15H23FN2S/c1-3-17-12(2)15-13(16)6-4-7-14(15)18-8-5-10-19-11-9-18/h4,6-7,12,17H,3,5,8-11H2,1-2H3. The molecule has 106 valence electrons. The van der Waals surface area contributed by atoms with Gasteiger partial charge in [0.05, 0.1) is 0 Å². The van der Waals surface area contributed by atoms with E-state index in [0.717, 1.165) is 36.6 Å². The summed E-state index contributed by atoms with van der Waals surface area (Å²) in [4.78, 5) is 2.34. The van der Waals surface area contributed by atoms with Gasteiger partial charge in [-0.3, -0.25) is 0 Å². The lowest BCUT2D eigenvalue weighted by Gasteiger charge is -2.28. The molecule has 0 radical (unpaired) electrons. The second-order valence-electron chi connectivity index (χ2n) is 4.90. The first-order chi connectivity index (χ1) is 9.24. The Kier molecular flexibility index (Phi) is 5.52. The number of benzene rings is 1. The third-order valence-corrected chi connectivity index (χ3v) is 4.58. The van der Waals surface area contributed by atoms with Crippen LogP contribution >= 0.6 is 11.8 Å². The summed E-state index contributed by atoms with van der Waals surface area (Å²) >= 11 is 1.99. The van der Waals surface area contributed by atoms with Crippen LogP contribution in [0.4, 0.5) is 10.1 Å². The molecule has 0 aromatic heterocycles. The van der Waals surface area contributed by atoms with Gasteiger partial charge in [-0.25, -0.2) is 4.39 Å². The van der Waals surface area contributed by atoms with Crippen molar-refractivity contribution in [3.8, 4) is 0 Å². The Hall–Kier alpha value is -0.740. The third-order valence-electron chi connectivity index (χ3n) is 3.54. The van der Waals surface area contributed by atoms with E-state index in [1.807, 2.05) is 24.8 Å². The molecule has 1 unspecified atom stereocenters. The first kappa shape index (κ1) is 14.7. The molecule has 0 bridgehead atoms. The van der Waals surface area contributed by atoms with Gasteiger partial charge >= 0.3 is 0 Å². The van der Waals surface area contributed by atoms with Gasteiger partial charge < -0.3 is 10.2 Å². The van der Waals surface area contributed by atoms with Crippen LogP contribution in [0.5, 0.6) is 0 Å². The van der Waals surface area contributed by atoms with Gasteiger partial charge in [0.15, 0.2) is 0 Å². The first-order valence-electron chi connectivity index (χ1n) is 7.08. The summed E-state index contributed by atoms with van der Waals surface area (Å²) in [5.74, 6) is 2.25. The van der Waals surface area contributed by atoms with E-state index in [2.05, 4.69) is 23.2 Å². The van der Waals surface area contributed by atoms with Gasteiger partial charge in [-0.1, -0.05) is 13.0 Å². The fourth-order valence-electron chi connectivity index (χ4n) is 2.63. The fraction of sp³-hybridized carbons (Fsp3) is 0.600. The van der Waals surface area contributed by atoms with Crippen molar-refractivity contribution in [3.63, 3.8) is 0 Å². The molecule has 2 nitrogen and oxygen atoms in total. The molecule has 0 amide bonds. The van der Waals surface area contributed by atoms with Crippen molar-refractivity contribution in [2.75, 3.05) is 36.0 Å². The molecule has 0 saturated carbocycles. The second-order valence-corrected chi connectivity index (χ2v) is 6.13. The summed E-state index contributed by atoms with van der Waals surface area (Å²) in [6.45, 7) is 6.99. The molecule has 0 spiro atoms. The minimum absolute atomic E-state index is 0.0529. The van der Waals surface area contributed by atoms with Gasteiger partial charge in [0.2, 0.25) is 0 Å². The average Bonchev–Trinajstić information content (AvgIpc) is 2.67. The molecule has 0 aliphatic carbocycles. The van der Waals surface area contributed by atoms with E-state index in [4.69, 9.17) is 0 Å². The maximum absolute atomic E-state index is 14.2. The van der Waals surface area contributed by atoms with Crippen molar-refractivity contribution < 1.29 is 4.39 Å². The van der Waals surface area contributed by atoms with E-state index in [0.29, 0.717) is 0 Å². The van der Waals surface area contributed by atoms with E-state index in [-0.39, 0.29) is 11.9 Å². The Balaban J connectivity index is 2.30. The zero-order valence-corrected chi connectivity index (χ0v) is 12.6. The Morgan fingerprint density at radius 3 is 3.00 bits per heavy atom. The molecule has 1 N–H and O–H groups in total. The fourth-order valence-corrected chi connectivity index (χ4v) is 3.51. The molecule has 1 aliphatic rings. The zero-order chi connectivity index (χ0) is 13.7. The highest BCUT2D eigenvalue weighted by molar-refractivity contribution is 7.99. The number of anilines is 1.